The number of hydrogen-bond acceptors (Lipinski definition) is 1. The van der Waals surface area contributed by atoms with E-state index in [-0.39, 0.29) is 0 Å². The van der Waals surface area contributed by atoms with Gasteiger partial charge in [-0.3, -0.25) is 0 Å². The molecule has 0 amide bonds. The molecule has 0 aliphatic heterocycles. The number of aromatic nitrogens is 1. The van der Waals surface area contributed by atoms with Crippen LogP contribution in [0.3, 0.4) is 0 Å². The Morgan fingerprint density at radius 1 is 1.06 bits per heavy atom. The minimum absolute atomic E-state index is 1.09. The summed E-state index contributed by atoms with van der Waals surface area (Å²) < 4.78 is 0. The van der Waals surface area contributed by atoms with Crippen molar-refractivity contribution >= 4 is 16.5 Å². The van der Waals surface area contributed by atoms with Crippen molar-refractivity contribution in [2.45, 2.75) is 39.5 Å². The molecule has 18 heavy (non-hydrogen) atoms. The summed E-state index contributed by atoms with van der Waals surface area (Å²) in [6, 6.07) is 12.6. The van der Waals surface area contributed by atoms with Gasteiger partial charge in [-0.1, -0.05) is 57.0 Å². The molecule has 94 valence electrons. The third-order valence-corrected chi connectivity index (χ3v) is 3.13. The first-order valence-electron chi connectivity index (χ1n) is 6.90. The standard InChI is InChI=1S/C17H21N/c1-3-5-9-14(8-4-2)17-13-12-15-10-6-7-11-16(15)18-17/h6-7,9-13H,3-5,8H2,1-2H3/b14-9+. The highest BCUT2D eigenvalue weighted by atomic mass is 14.7. The smallest absolute Gasteiger partial charge is 0.0709 e. The van der Waals surface area contributed by atoms with Crippen LogP contribution in [0.4, 0.5) is 0 Å². The topological polar surface area (TPSA) is 12.9 Å². The molecule has 0 spiro atoms. The molecule has 0 aliphatic rings. The second kappa shape index (κ2) is 6.34. The Kier molecular flexibility index (Phi) is 4.52. The number of para-hydroxylation sites is 1. The number of pyridine rings is 1. The molecule has 1 heteroatoms. The molecule has 0 N–H and O–H groups in total. The fourth-order valence-electron chi connectivity index (χ4n) is 2.17. The van der Waals surface area contributed by atoms with Gasteiger partial charge in [0.15, 0.2) is 0 Å². The maximum atomic E-state index is 4.78. The van der Waals surface area contributed by atoms with Crippen LogP contribution in [-0.2, 0) is 0 Å². The van der Waals surface area contributed by atoms with Gasteiger partial charge in [0.05, 0.1) is 11.2 Å². The fourth-order valence-corrected chi connectivity index (χ4v) is 2.17. The maximum absolute atomic E-state index is 4.78. The van der Waals surface area contributed by atoms with E-state index >= 15 is 0 Å². The van der Waals surface area contributed by atoms with Crippen molar-refractivity contribution < 1.29 is 0 Å². The van der Waals surface area contributed by atoms with Crippen molar-refractivity contribution in [3.8, 4) is 0 Å². The van der Waals surface area contributed by atoms with E-state index in [0.29, 0.717) is 0 Å². The SMILES string of the molecule is CCC/C=C(\CCC)c1ccc2ccccc2n1. The van der Waals surface area contributed by atoms with Gasteiger partial charge in [-0.15, -0.1) is 0 Å². The molecule has 1 aromatic carbocycles. The number of hydrogen-bond donors (Lipinski definition) is 0. The van der Waals surface area contributed by atoms with Gasteiger partial charge >= 0.3 is 0 Å². The Labute approximate surface area is 110 Å². The molecular formula is C17H21N. The molecule has 0 atom stereocenters. The fraction of sp³-hybridized carbons (Fsp3) is 0.353. The first-order chi connectivity index (χ1) is 8.85. The van der Waals surface area contributed by atoms with Crippen LogP contribution in [0.1, 0.15) is 45.2 Å². The summed E-state index contributed by atoms with van der Waals surface area (Å²) in [5, 5.41) is 1.22. The molecule has 0 fully saturated rings. The molecular weight excluding hydrogens is 218 g/mol. The highest BCUT2D eigenvalue weighted by Crippen LogP contribution is 2.22. The molecule has 0 aliphatic carbocycles. The van der Waals surface area contributed by atoms with E-state index in [4.69, 9.17) is 4.98 Å². The van der Waals surface area contributed by atoms with Crippen LogP contribution >= 0.6 is 0 Å². The van der Waals surface area contributed by atoms with Crippen molar-refractivity contribution in [3.63, 3.8) is 0 Å². The van der Waals surface area contributed by atoms with Gasteiger partial charge in [0, 0.05) is 5.39 Å². The molecule has 0 radical (unpaired) electrons. The first-order valence-corrected chi connectivity index (χ1v) is 6.90. The summed E-state index contributed by atoms with van der Waals surface area (Å²) >= 11 is 0. The van der Waals surface area contributed by atoms with Crippen molar-refractivity contribution in [2.75, 3.05) is 0 Å². The Balaban J connectivity index is 2.38. The summed E-state index contributed by atoms with van der Waals surface area (Å²) in [5.74, 6) is 0. The Morgan fingerprint density at radius 2 is 1.89 bits per heavy atom. The predicted molar refractivity (Wildman–Crippen MR) is 79.5 cm³/mol. The zero-order chi connectivity index (χ0) is 12.8. The zero-order valence-electron chi connectivity index (χ0n) is 11.3. The zero-order valence-corrected chi connectivity index (χ0v) is 11.3. The second-order valence-corrected chi connectivity index (χ2v) is 4.66. The lowest BCUT2D eigenvalue weighted by Crippen LogP contribution is -1.90. The summed E-state index contributed by atoms with van der Waals surface area (Å²) in [6.45, 7) is 4.44. The number of nitrogens with zero attached hydrogens (tertiary/aromatic N) is 1. The van der Waals surface area contributed by atoms with E-state index in [0.717, 1.165) is 24.1 Å². The highest BCUT2D eigenvalue weighted by molar-refractivity contribution is 5.80. The molecule has 0 saturated heterocycles. The number of fused-ring (bicyclic) bond motifs is 1. The van der Waals surface area contributed by atoms with E-state index < -0.39 is 0 Å². The van der Waals surface area contributed by atoms with Gasteiger partial charge in [0.1, 0.15) is 0 Å². The van der Waals surface area contributed by atoms with Crippen LogP contribution in [0.15, 0.2) is 42.5 Å². The molecule has 2 rings (SSSR count). The number of rotatable bonds is 5. The average molecular weight is 239 g/mol. The molecule has 2 aromatic rings. The van der Waals surface area contributed by atoms with Gasteiger partial charge in [-0.2, -0.15) is 0 Å². The van der Waals surface area contributed by atoms with Crippen molar-refractivity contribution in [1.29, 1.82) is 0 Å². The second-order valence-electron chi connectivity index (χ2n) is 4.66. The summed E-state index contributed by atoms with van der Waals surface area (Å²) in [7, 11) is 0. The lowest BCUT2D eigenvalue weighted by molar-refractivity contribution is 0.929. The van der Waals surface area contributed by atoms with Gasteiger partial charge in [-0.25, -0.2) is 4.98 Å². The van der Waals surface area contributed by atoms with Gasteiger partial charge in [0.2, 0.25) is 0 Å². The van der Waals surface area contributed by atoms with E-state index in [1.165, 1.54) is 23.8 Å². The normalized spacial score (nSPS) is 12.0. The van der Waals surface area contributed by atoms with Crippen molar-refractivity contribution in [2.24, 2.45) is 0 Å². The van der Waals surface area contributed by atoms with E-state index in [1.54, 1.807) is 0 Å². The van der Waals surface area contributed by atoms with Crippen LogP contribution < -0.4 is 0 Å². The first kappa shape index (κ1) is 12.8. The monoisotopic (exact) mass is 239 g/mol. The molecule has 1 nitrogen and oxygen atoms in total. The number of benzene rings is 1. The summed E-state index contributed by atoms with van der Waals surface area (Å²) in [5.41, 5.74) is 3.63. The molecule has 1 heterocycles. The van der Waals surface area contributed by atoms with E-state index in [9.17, 15) is 0 Å². The summed E-state index contributed by atoms with van der Waals surface area (Å²) in [4.78, 5) is 4.78. The van der Waals surface area contributed by atoms with Crippen LogP contribution in [0.25, 0.3) is 16.5 Å². The Bertz CT molecular complexity index is 540. The maximum Gasteiger partial charge on any atom is 0.0709 e. The minimum Gasteiger partial charge on any atom is -0.248 e. The van der Waals surface area contributed by atoms with Crippen LogP contribution in [0.5, 0.6) is 0 Å². The van der Waals surface area contributed by atoms with Crippen LogP contribution in [0.2, 0.25) is 0 Å². The lowest BCUT2D eigenvalue weighted by atomic mass is 10.0. The van der Waals surface area contributed by atoms with Crippen LogP contribution in [-0.4, -0.2) is 4.98 Å². The lowest BCUT2D eigenvalue weighted by Gasteiger charge is -2.07. The third-order valence-electron chi connectivity index (χ3n) is 3.13. The third kappa shape index (κ3) is 2.98. The number of allylic oxidation sites excluding steroid dienone is 2. The Morgan fingerprint density at radius 3 is 2.67 bits per heavy atom. The van der Waals surface area contributed by atoms with Gasteiger partial charge in [0.25, 0.3) is 0 Å². The molecule has 0 bridgehead atoms. The largest absolute Gasteiger partial charge is 0.248 e. The molecule has 1 aromatic heterocycles. The summed E-state index contributed by atoms with van der Waals surface area (Å²) in [6.07, 6.45) is 6.97. The quantitative estimate of drug-likeness (QED) is 0.697. The average Bonchev–Trinajstić information content (AvgIpc) is 2.43. The minimum atomic E-state index is 1.09. The highest BCUT2D eigenvalue weighted by Gasteiger charge is 2.03. The predicted octanol–water partition coefficient (Wildman–Crippen LogP) is 5.22. The molecule has 0 unspecified atom stereocenters. The van der Waals surface area contributed by atoms with E-state index in [2.05, 4.69) is 50.3 Å². The van der Waals surface area contributed by atoms with Crippen molar-refractivity contribution in [1.82, 2.24) is 4.98 Å². The van der Waals surface area contributed by atoms with Gasteiger partial charge in [-0.05, 0) is 30.5 Å². The number of unbranched alkanes of at least 4 members (excludes halogenated alkanes) is 1. The Hall–Kier alpha value is -1.63. The molecule has 0 saturated carbocycles. The van der Waals surface area contributed by atoms with E-state index in [1.807, 2.05) is 6.07 Å². The van der Waals surface area contributed by atoms with Crippen molar-refractivity contribution in [3.05, 3.63) is 48.2 Å². The van der Waals surface area contributed by atoms with Gasteiger partial charge < -0.3 is 0 Å². The van der Waals surface area contributed by atoms with Crippen LogP contribution in [0, 0.1) is 0 Å².